The van der Waals surface area contributed by atoms with Gasteiger partial charge < -0.3 is 15.0 Å². The standard InChI is InChI=1S/C11H22N2O2/c1-13(2)11(14)8-12-9-6-4-5-7-10(9)15-3/h9-10,12H,4-8H2,1-3H3. The minimum atomic E-state index is 0.121. The summed E-state index contributed by atoms with van der Waals surface area (Å²) in [6, 6.07) is 0.340. The van der Waals surface area contributed by atoms with Crippen LogP contribution in [-0.2, 0) is 9.53 Å². The van der Waals surface area contributed by atoms with Crippen molar-refractivity contribution in [3.05, 3.63) is 0 Å². The molecule has 0 aromatic rings. The van der Waals surface area contributed by atoms with Crippen LogP contribution in [0.5, 0.6) is 0 Å². The molecule has 4 heteroatoms. The second-order valence-electron chi connectivity index (χ2n) is 4.33. The Labute approximate surface area is 92.0 Å². The Kier molecular flexibility index (Phi) is 5.05. The zero-order valence-electron chi connectivity index (χ0n) is 9.95. The van der Waals surface area contributed by atoms with E-state index in [-0.39, 0.29) is 12.0 Å². The van der Waals surface area contributed by atoms with Crippen molar-refractivity contribution in [3.63, 3.8) is 0 Å². The number of hydrogen-bond acceptors (Lipinski definition) is 3. The van der Waals surface area contributed by atoms with Gasteiger partial charge in [0.05, 0.1) is 12.6 Å². The maximum absolute atomic E-state index is 11.4. The van der Waals surface area contributed by atoms with Gasteiger partial charge in [-0.1, -0.05) is 12.8 Å². The van der Waals surface area contributed by atoms with Gasteiger partial charge in [0.1, 0.15) is 0 Å². The zero-order chi connectivity index (χ0) is 11.3. The third kappa shape index (κ3) is 3.80. The minimum Gasteiger partial charge on any atom is -0.380 e. The molecule has 1 saturated carbocycles. The molecule has 1 N–H and O–H groups in total. The van der Waals surface area contributed by atoms with Gasteiger partial charge in [-0.2, -0.15) is 0 Å². The predicted molar refractivity (Wildman–Crippen MR) is 59.7 cm³/mol. The van der Waals surface area contributed by atoms with Crippen LogP contribution in [0.3, 0.4) is 0 Å². The van der Waals surface area contributed by atoms with Crippen molar-refractivity contribution in [1.82, 2.24) is 10.2 Å². The fourth-order valence-corrected chi connectivity index (χ4v) is 1.99. The van der Waals surface area contributed by atoms with E-state index in [1.165, 1.54) is 12.8 Å². The Bertz CT molecular complexity index is 207. The van der Waals surface area contributed by atoms with E-state index >= 15 is 0 Å². The lowest BCUT2D eigenvalue weighted by molar-refractivity contribution is -0.128. The van der Waals surface area contributed by atoms with Crippen LogP contribution >= 0.6 is 0 Å². The SMILES string of the molecule is COC1CCCCC1NCC(=O)N(C)C. The summed E-state index contributed by atoms with van der Waals surface area (Å²) in [5.74, 6) is 0.121. The number of nitrogens with zero attached hydrogens (tertiary/aromatic N) is 1. The lowest BCUT2D eigenvalue weighted by Gasteiger charge is -2.31. The number of carbonyl (C=O) groups excluding carboxylic acids is 1. The van der Waals surface area contributed by atoms with E-state index in [0.29, 0.717) is 12.6 Å². The van der Waals surface area contributed by atoms with E-state index in [9.17, 15) is 4.79 Å². The highest BCUT2D eigenvalue weighted by Crippen LogP contribution is 2.20. The highest BCUT2D eigenvalue weighted by Gasteiger charge is 2.24. The maximum atomic E-state index is 11.4. The highest BCUT2D eigenvalue weighted by atomic mass is 16.5. The lowest BCUT2D eigenvalue weighted by atomic mass is 9.92. The largest absolute Gasteiger partial charge is 0.380 e. The smallest absolute Gasteiger partial charge is 0.236 e. The summed E-state index contributed by atoms with van der Waals surface area (Å²) in [5.41, 5.74) is 0. The van der Waals surface area contributed by atoms with Crippen LogP contribution in [0.4, 0.5) is 0 Å². The first-order valence-electron chi connectivity index (χ1n) is 5.61. The van der Waals surface area contributed by atoms with Crippen molar-refractivity contribution in [1.29, 1.82) is 0 Å². The van der Waals surface area contributed by atoms with Gasteiger partial charge in [-0.05, 0) is 12.8 Å². The van der Waals surface area contributed by atoms with Crippen molar-refractivity contribution in [2.24, 2.45) is 0 Å². The molecule has 2 atom stereocenters. The van der Waals surface area contributed by atoms with Crippen molar-refractivity contribution in [3.8, 4) is 0 Å². The van der Waals surface area contributed by atoms with E-state index in [4.69, 9.17) is 4.74 Å². The average molecular weight is 214 g/mol. The normalized spacial score (nSPS) is 26.3. The molecular weight excluding hydrogens is 192 g/mol. The molecule has 0 aromatic carbocycles. The molecule has 0 aromatic heterocycles. The summed E-state index contributed by atoms with van der Waals surface area (Å²) in [4.78, 5) is 13.0. The molecule has 0 spiro atoms. The van der Waals surface area contributed by atoms with Crippen molar-refractivity contribution < 1.29 is 9.53 Å². The van der Waals surface area contributed by atoms with Crippen LogP contribution < -0.4 is 5.32 Å². The number of methoxy groups -OCH3 is 1. The van der Waals surface area contributed by atoms with Gasteiger partial charge in [-0.15, -0.1) is 0 Å². The summed E-state index contributed by atoms with van der Waals surface area (Å²) in [7, 11) is 5.30. The Morgan fingerprint density at radius 2 is 2.07 bits per heavy atom. The first kappa shape index (κ1) is 12.5. The van der Waals surface area contributed by atoms with Gasteiger partial charge in [-0.25, -0.2) is 0 Å². The third-order valence-electron chi connectivity index (χ3n) is 3.02. The van der Waals surface area contributed by atoms with Gasteiger partial charge in [0.15, 0.2) is 0 Å². The fourth-order valence-electron chi connectivity index (χ4n) is 1.99. The predicted octanol–water partition coefficient (Wildman–Crippen LogP) is 0.622. The molecule has 15 heavy (non-hydrogen) atoms. The summed E-state index contributed by atoms with van der Waals surface area (Å²) >= 11 is 0. The highest BCUT2D eigenvalue weighted by molar-refractivity contribution is 5.77. The molecule has 0 aliphatic heterocycles. The first-order chi connectivity index (χ1) is 7.15. The van der Waals surface area contributed by atoms with Gasteiger partial charge in [-0.3, -0.25) is 4.79 Å². The monoisotopic (exact) mass is 214 g/mol. The number of carbonyl (C=O) groups is 1. The number of likely N-dealkylation sites (N-methyl/N-ethyl adjacent to an activating group) is 1. The van der Waals surface area contributed by atoms with Gasteiger partial charge in [0, 0.05) is 27.2 Å². The summed E-state index contributed by atoms with van der Waals surface area (Å²) in [6.45, 7) is 0.414. The Balaban J connectivity index is 2.32. The van der Waals surface area contributed by atoms with Gasteiger partial charge >= 0.3 is 0 Å². The van der Waals surface area contributed by atoms with E-state index in [1.54, 1.807) is 26.1 Å². The topological polar surface area (TPSA) is 41.6 Å². The number of amides is 1. The number of hydrogen-bond donors (Lipinski definition) is 1. The fraction of sp³-hybridized carbons (Fsp3) is 0.909. The van der Waals surface area contributed by atoms with E-state index in [0.717, 1.165) is 12.8 Å². The molecule has 2 unspecified atom stereocenters. The van der Waals surface area contributed by atoms with Gasteiger partial charge in [0.2, 0.25) is 5.91 Å². The van der Waals surface area contributed by atoms with Crippen LogP contribution in [-0.4, -0.2) is 50.7 Å². The molecule has 0 heterocycles. The van der Waals surface area contributed by atoms with Crippen molar-refractivity contribution in [2.75, 3.05) is 27.7 Å². The van der Waals surface area contributed by atoms with Crippen LogP contribution in [0.25, 0.3) is 0 Å². The van der Waals surface area contributed by atoms with Crippen molar-refractivity contribution in [2.45, 2.75) is 37.8 Å². The molecule has 4 nitrogen and oxygen atoms in total. The average Bonchev–Trinajstić information content (AvgIpc) is 2.26. The maximum Gasteiger partial charge on any atom is 0.236 e. The Morgan fingerprint density at radius 1 is 1.40 bits per heavy atom. The molecule has 1 fully saturated rings. The molecule has 0 radical (unpaired) electrons. The second kappa shape index (κ2) is 6.08. The molecule has 1 aliphatic carbocycles. The first-order valence-corrected chi connectivity index (χ1v) is 5.61. The molecule has 1 rings (SSSR count). The molecule has 1 aliphatic rings. The molecule has 0 bridgehead atoms. The van der Waals surface area contributed by atoms with Crippen LogP contribution in [0.15, 0.2) is 0 Å². The number of rotatable bonds is 4. The van der Waals surface area contributed by atoms with E-state index < -0.39 is 0 Å². The minimum absolute atomic E-state index is 0.121. The summed E-state index contributed by atoms with van der Waals surface area (Å²) < 4.78 is 5.41. The Hall–Kier alpha value is -0.610. The number of ether oxygens (including phenoxy) is 1. The zero-order valence-corrected chi connectivity index (χ0v) is 9.95. The quantitative estimate of drug-likeness (QED) is 0.746. The van der Waals surface area contributed by atoms with Gasteiger partial charge in [0.25, 0.3) is 0 Å². The summed E-state index contributed by atoms with van der Waals surface area (Å²) in [5, 5.41) is 3.29. The van der Waals surface area contributed by atoms with Crippen LogP contribution in [0.2, 0.25) is 0 Å². The number of nitrogens with one attached hydrogen (secondary N) is 1. The Morgan fingerprint density at radius 3 is 2.67 bits per heavy atom. The van der Waals surface area contributed by atoms with Crippen LogP contribution in [0, 0.1) is 0 Å². The van der Waals surface area contributed by atoms with E-state index in [2.05, 4.69) is 5.32 Å². The third-order valence-corrected chi connectivity index (χ3v) is 3.02. The van der Waals surface area contributed by atoms with E-state index in [1.807, 2.05) is 0 Å². The van der Waals surface area contributed by atoms with Crippen LogP contribution in [0.1, 0.15) is 25.7 Å². The molecule has 88 valence electrons. The van der Waals surface area contributed by atoms with Crippen molar-refractivity contribution >= 4 is 5.91 Å². The molecule has 1 amide bonds. The summed E-state index contributed by atoms with van der Waals surface area (Å²) in [6.07, 6.45) is 4.95. The second-order valence-corrected chi connectivity index (χ2v) is 4.33. The lowest BCUT2D eigenvalue weighted by Crippen LogP contribution is -2.46. The molecular formula is C11H22N2O2. The molecule has 0 saturated heterocycles.